The van der Waals surface area contributed by atoms with Crippen LogP contribution in [0.1, 0.15) is 23.6 Å². The molecule has 0 radical (unpaired) electrons. The first-order chi connectivity index (χ1) is 15.6. The lowest BCUT2D eigenvalue weighted by Crippen LogP contribution is -2.51. The van der Waals surface area contributed by atoms with Crippen LogP contribution in [0.2, 0.25) is 0 Å². The maximum atomic E-state index is 13.2. The standard InChI is InChI=1S/C24H33N3O5S/c1-17-13-18(2)24(19(3)14-17)33(30,31)27-11-9-26(10-12-27)15-22(29)16-32-23-7-5-21(6-8-23)25-20(4)28/h5-8,13-14,22,29H,9-12,15-16H2,1-4H3,(H,25,28). The Morgan fingerprint density at radius 2 is 1.64 bits per heavy atom. The number of aryl methyl sites for hydroxylation is 3. The average molecular weight is 476 g/mol. The summed E-state index contributed by atoms with van der Waals surface area (Å²) < 4.78 is 33.6. The summed E-state index contributed by atoms with van der Waals surface area (Å²) in [5, 5.41) is 13.1. The van der Waals surface area contributed by atoms with Gasteiger partial charge in [0, 0.05) is 45.3 Å². The lowest BCUT2D eigenvalue weighted by molar-refractivity contribution is -0.114. The Morgan fingerprint density at radius 3 is 2.18 bits per heavy atom. The zero-order chi connectivity index (χ0) is 24.2. The van der Waals surface area contributed by atoms with Crippen molar-refractivity contribution in [3.05, 3.63) is 53.1 Å². The van der Waals surface area contributed by atoms with Gasteiger partial charge in [0.2, 0.25) is 15.9 Å². The SMILES string of the molecule is CC(=O)Nc1ccc(OCC(O)CN2CCN(S(=O)(=O)c3c(C)cc(C)cc3C)CC2)cc1. The first kappa shape index (κ1) is 25.2. The zero-order valence-electron chi connectivity index (χ0n) is 19.7. The molecule has 2 N–H and O–H groups in total. The summed E-state index contributed by atoms with van der Waals surface area (Å²) in [6.07, 6.45) is -0.704. The van der Waals surface area contributed by atoms with Crippen LogP contribution in [0.5, 0.6) is 5.75 Å². The second-order valence-electron chi connectivity index (χ2n) is 8.60. The number of piperazine rings is 1. The van der Waals surface area contributed by atoms with Gasteiger partial charge in [-0.05, 0) is 56.2 Å². The summed E-state index contributed by atoms with van der Waals surface area (Å²) in [6, 6.07) is 10.7. The van der Waals surface area contributed by atoms with Gasteiger partial charge in [-0.25, -0.2) is 8.42 Å². The normalized spacial score (nSPS) is 16.4. The summed E-state index contributed by atoms with van der Waals surface area (Å²) in [4.78, 5) is 13.5. The summed E-state index contributed by atoms with van der Waals surface area (Å²) >= 11 is 0. The van der Waals surface area contributed by atoms with E-state index in [0.717, 1.165) is 16.7 Å². The third-order valence-corrected chi connectivity index (χ3v) is 7.82. The van der Waals surface area contributed by atoms with Crippen LogP contribution < -0.4 is 10.1 Å². The minimum Gasteiger partial charge on any atom is -0.491 e. The molecular weight excluding hydrogens is 442 g/mol. The fourth-order valence-corrected chi connectivity index (χ4v) is 6.07. The largest absolute Gasteiger partial charge is 0.491 e. The monoisotopic (exact) mass is 475 g/mol. The van der Waals surface area contributed by atoms with Crippen LogP contribution in [-0.4, -0.2) is 74.1 Å². The topological polar surface area (TPSA) is 99.2 Å². The molecule has 1 aliphatic rings. The van der Waals surface area contributed by atoms with Crippen LogP contribution in [0.25, 0.3) is 0 Å². The number of ether oxygens (including phenoxy) is 1. The second kappa shape index (κ2) is 10.6. The third kappa shape index (κ3) is 6.54. The van der Waals surface area contributed by atoms with Crippen LogP contribution in [0, 0.1) is 20.8 Å². The van der Waals surface area contributed by atoms with E-state index in [1.54, 1.807) is 24.3 Å². The van der Waals surface area contributed by atoms with Crippen LogP contribution in [0.4, 0.5) is 5.69 Å². The molecule has 33 heavy (non-hydrogen) atoms. The molecular formula is C24H33N3O5S. The van der Waals surface area contributed by atoms with Crippen molar-refractivity contribution in [3.8, 4) is 5.75 Å². The van der Waals surface area contributed by atoms with Gasteiger partial charge >= 0.3 is 0 Å². The number of hydrogen-bond acceptors (Lipinski definition) is 6. The van der Waals surface area contributed by atoms with Crippen molar-refractivity contribution in [3.63, 3.8) is 0 Å². The summed E-state index contributed by atoms with van der Waals surface area (Å²) in [6.45, 7) is 9.48. The van der Waals surface area contributed by atoms with Crippen molar-refractivity contribution >= 4 is 21.6 Å². The van der Waals surface area contributed by atoms with E-state index < -0.39 is 16.1 Å². The summed E-state index contributed by atoms with van der Waals surface area (Å²) in [7, 11) is -3.56. The minimum atomic E-state index is -3.56. The highest BCUT2D eigenvalue weighted by atomic mass is 32.2. The van der Waals surface area contributed by atoms with Gasteiger partial charge in [-0.1, -0.05) is 17.7 Å². The van der Waals surface area contributed by atoms with E-state index in [1.807, 2.05) is 32.9 Å². The molecule has 0 aromatic heterocycles. The number of sulfonamides is 1. The molecule has 0 aliphatic carbocycles. The number of carbonyl (C=O) groups is 1. The Balaban J connectivity index is 1.49. The number of nitrogens with zero attached hydrogens (tertiary/aromatic N) is 2. The van der Waals surface area contributed by atoms with Gasteiger partial charge < -0.3 is 15.2 Å². The van der Waals surface area contributed by atoms with Gasteiger partial charge in [0.05, 0.1) is 4.90 Å². The van der Waals surface area contributed by atoms with Gasteiger partial charge in [0.25, 0.3) is 0 Å². The van der Waals surface area contributed by atoms with Crippen molar-refractivity contribution in [1.29, 1.82) is 0 Å². The first-order valence-corrected chi connectivity index (χ1v) is 12.5. The molecule has 1 unspecified atom stereocenters. The molecule has 1 saturated heterocycles. The molecule has 9 heteroatoms. The summed E-state index contributed by atoms with van der Waals surface area (Å²) in [5.41, 5.74) is 3.27. The molecule has 1 atom stereocenters. The maximum absolute atomic E-state index is 13.2. The Morgan fingerprint density at radius 1 is 1.06 bits per heavy atom. The first-order valence-electron chi connectivity index (χ1n) is 11.0. The molecule has 1 aliphatic heterocycles. The molecule has 2 aromatic rings. The molecule has 2 aromatic carbocycles. The predicted octanol–water partition coefficient (Wildman–Crippen LogP) is 2.32. The van der Waals surface area contributed by atoms with Crippen molar-refractivity contribution in [2.45, 2.75) is 38.7 Å². The zero-order valence-corrected chi connectivity index (χ0v) is 20.5. The van der Waals surface area contributed by atoms with Crippen LogP contribution in [-0.2, 0) is 14.8 Å². The molecule has 1 fully saturated rings. The number of benzene rings is 2. The second-order valence-corrected chi connectivity index (χ2v) is 10.5. The van der Waals surface area contributed by atoms with Crippen molar-refractivity contribution in [2.24, 2.45) is 0 Å². The van der Waals surface area contributed by atoms with Crippen molar-refractivity contribution < 1.29 is 23.1 Å². The van der Waals surface area contributed by atoms with E-state index in [1.165, 1.54) is 11.2 Å². The number of rotatable bonds is 8. The van der Waals surface area contributed by atoms with Crippen LogP contribution >= 0.6 is 0 Å². The number of hydrogen-bond donors (Lipinski definition) is 2. The Labute approximate surface area is 196 Å². The van der Waals surface area contributed by atoms with Gasteiger partial charge in [-0.3, -0.25) is 9.69 Å². The van der Waals surface area contributed by atoms with E-state index in [0.29, 0.717) is 49.1 Å². The third-order valence-electron chi connectivity index (χ3n) is 5.62. The molecule has 1 heterocycles. The number of nitrogens with one attached hydrogen (secondary N) is 1. The Kier molecular flexibility index (Phi) is 8.12. The lowest BCUT2D eigenvalue weighted by atomic mass is 10.1. The number of aliphatic hydroxyl groups excluding tert-OH is 1. The maximum Gasteiger partial charge on any atom is 0.243 e. The average Bonchev–Trinajstić information content (AvgIpc) is 2.72. The van der Waals surface area contributed by atoms with E-state index in [4.69, 9.17) is 4.74 Å². The molecule has 3 rings (SSSR count). The van der Waals surface area contributed by atoms with Gasteiger partial charge in [-0.2, -0.15) is 4.31 Å². The molecule has 8 nitrogen and oxygen atoms in total. The van der Waals surface area contributed by atoms with Gasteiger partial charge in [-0.15, -0.1) is 0 Å². The van der Waals surface area contributed by atoms with Gasteiger partial charge in [0.15, 0.2) is 0 Å². The fraction of sp³-hybridized carbons (Fsp3) is 0.458. The van der Waals surface area contributed by atoms with E-state index >= 15 is 0 Å². The van der Waals surface area contributed by atoms with E-state index in [9.17, 15) is 18.3 Å². The van der Waals surface area contributed by atoms with Crippen LogP contribution in [0.15, 0.2) is 41.3 Å². The fourth-order valence-electron chi connectivity index (χ4n) is 4.24. The Hall–Kier alpha value is -2.46. The number of aliphatic hydroxyl groups is 1. The van der Waals surface area contributed by atoms with E-state index in [-0.39, 0.29) is 12.5 Å². The van der Waals surface area contributed by atoms with E-state index in [2.05, 4.69) is 10.2 Å². The number of β-amino-alcohol motifs (C(OH)–C–C–N with tert-alkyl or cyclic N) is 1. The lowest BCUT2D eigenvalue weighted by Gasteiger charge is -2.35. The molecule has 0 saturated carbocycles. The van der Waals surface area contributed by atoms with Crippen molar-refractivity contribution in [2.75, 3.05) is 44.6 Å². The molecule has 1 amide bonds. The Bertz CT molecular complexity index is 1050. The molecule has 0 bridgehead atoms. The minimum absolute atomic E-state index is 0.125. The number of amides is 1. The number of carbonyl (C=O) groups excluding carboxylic acids is 1. The van der Waals surface area contributed by atoms with Crippen molar-refractivity contribution in [1.82, 2.24) is 9.21 Å². The molecule has 180 valence electrons. The quantitative estimate of drug-likeness (QED) is 0.608. The van der Waals surface area contributed by atoms with Crippen LogP contribution in [0.3, 0.4) is 0 Å². The summed E-state index contributed by atoms with van der Waals surface area (Å²) in [5.74, 6) is 0.457. The smallest absolute Gasteiger partial charge is 0.243 e. The highest BCUT2D eigenvalue weighted by Crippen LogP contribution is 2.26. The van der Waals surface area contributed by atoms with Gasteiger partial charge in [0.1, 0.15) is 18.5 Å². The molecule has 0 spiro atoms. The number of anilines is 1. The predicted molar refractivity (Wildman–Crippen MR) is 128 cm³/mol. The highest BCUT2D eigenvalue weighted by Gasteiger charge is 2.31. The highest BCUT2D eigenvalue weighted by molar-refractivity contribution is 7.89.